The average molecular weight is 149 g/mol. The molecule has 0 saturated carbocycles. The van der Waals surface area contributed by atoms with Gasteiger partial charge in [-0.2, -0.15) is 0 Å². The Kier molecular flexibility index (Phi) is 0.986. The van der Waals surface area contributed by atoms with Crippen LogP contribution in [-0.4, -0.2) is 24.8 Å². The largest absolute Gasteiger partial charge is 0.349 e. The van der Waals surface area contributed by atoms with Gasteiger partial charge in [-0.1, -0.05) is 20.8 Å². The van der Waals surface area contributed by atoms with Crippen molar-refractivity contribution in [3.63, 3.8) is 0 Å². The Bertz CT molecular complexity index is 247. The van der Waals surface area contributed by atoms with E-state index in [0.717, 1.165) is 0 Å². The number of nitrogens with zero attached hydrogens (tertiary/aromatic N) is 1. The molecule has 0 aliphatic rings. The first-order chi connectivity index (χ1) is 6.75. The maximum atomic E-state index is 11.7. The van der Waals surface area contributed by atoms with Crippen molar-refractivity contribution in [2.24, 2.45) is 5.41 Å². The van der Waals surface area contributed by atoms with Crippen LogP contribution in [0.1, 0.15) is 35.4 Å². The lowest BCUT2D eigenvalue weighted by Crippen LogP contribution is -2.26. The van der Waals surface area contributed by atoms with Gasteiger partial charge in [-0.3, -0.25) is 4.79 Å². The van der Waals surface area contributed by atoms with Crippen molar-refractivity contribution in [1.29, 1.82) is 0 Å². The molecule has 1 amide bonds. The predicted octanol–water partition coefficient (Wildman–Crippen LogP) is 1.51. The van der Waals surface area contributed by atoms with Crippen LogP contribution in [0.2, 0.25) is 0 Å². The first-order valence-corrected chi connectivity index (χ1v) is 3.08. The van der Waals surface area contributed by atoms with Crippen molar-refractivity contribution < 1.29 is 13.0 Å². The molecular weight excluding hydrogens is 126 g/mol. The van der Waals surface area contributed by atoms with Crippen molar-refractivity contribution in [1.82, 2.24) is 4.90 Å². The van der Waals surface area contributed by atoms with Gasteiger partial charge in [0.2, 0.25) is 5.91 Å². The molecule has 0 N–H and O–H groups in total. The van der Waals surface area contributed by atoms with E-state index in [9.17, 15) is 4.79 Å². The molecule has 0 atom stereocenters. The highest BCUT2D eigenvalue weighted by molar-refractivity contribution is 5.76. The molecule has 0 aromatic rings. The lowest BCUT2D eigenvalue weighted by molar-refractivity contribution is -0.130. The highest BCUT2D eigenvalue weighted by Crippen LogP contribution is 2.18. The van der Waals surface area contributed by atoms with Crippen LogP contribution < -0.4 is 0 Å². The SMILES string of the molecule is [2H]C([2H])([2H])N(C(=O)CC(C)(C)C)C([2H])([2H])[2H]. The summed E-state index contributed by atoms with van der Waals surface area (Å²) in [6.45, 7) is -0.659. The van der Waals surface area contributed by atoms with Crippen LogP contribution in [0.25, 0.3) is 0 Å². The molecule has 0 unspecified atom stereocenters. The van der Waals surface area contributed by atoms with Gasteiger partial charge in [0.25, 0.3) is 0 Å². The van der Waals surface area contributed by atoms with Gasteiger partial charge in [0.05, 0.1) is 0 Å². The van der Waals surface area contributed by atoms with Gasteiger partial charge in [-0.15, -0.1) is 0 Å². The van der Waals surface area contributed by atoms with Gasteiger partial charge in [0.15, 0.2) is 0 Å². The van der Waals surface area contributed by atoms with E-state index in [-0.39, 0.29) is 11.3 Å². The topological polar surface area (TPSA) is 20.3 Å². The molecule has 0 rings (SSSR count). The molecule has 0 saturated heterocycles. The number of carbonyl (C=O) groups is 1. The Labute approximate surface area is 71.6 Å². The molecule has 0 aromatic carbocycles. The van der Waals surface area contributed by atoms with Crippen LogP contribution in [0.15, 0.2) is 0 Å². The molecule has 0 aromatic heterocycles. The normalized spacial score (nSPS) is 22.7. The van der Waals surface area contributed by atoms with Crippen LogP contribution in [0.5, 0.6) is 0 Å². The molecule has 0 bridgehead atoms. The summed E-state index contributed by atoms with van der Waals surface area (Å²) >= 11 is 0. The van der Waals surface area contributed by atoms with E-state index in [4.69, 9.17) is 8.22 Å². The van der Waals surface area contributed by atoms with Crippen molar-refractivity contribution in [3.8, 4) is 0 Å². The van der Waals surface area contributed by atoms with E-state index >= 15 is 0 Å². The second-order valence-corrected chi connectivity index (χ2v) is 3.47. The van der Waals surface area contributed by atoms with Crippen LogP contribution >= 0.6 is 0 Å². The Morgan fingerprint density at radius 2 is 2.00 bits per heavy atom. The van der Waals surface area contributed by atoms with E-state index in [1.165, 1.54) is 0 Å². The zero-order valence-corrected chi connectivity index (χ0v) is 6.56. The monoisotopic (exact) mass is 149 g/mol. The van der Waals surface area contributed by atoms with E-state index in [1.54, 1.807) is 20.8 Å². The lowest BCUT2D eigenvalue weighted by atomic mass is 9.92. The fourth-order valence-corrected chi connectivity index (χ4v) is 0.533. The standard InChI is InChI=1S/C8H17NO/c1-8(2,3)6-7(10)9(4)5/h6H2,1-5H3/i4D3,5D3. The van der Waals surface area contributed by atoms with Crippen molar-refractivity contribution in [2.75, 3.05) is 14.0 Å². The summed E-state index contributed by atoms with van der Waals surface area (Å²) in [5, 5.41) is 0. The van der Waals surface area contributed by atoms with E-state index in [2.05, 4.69) is 0 Å². The summed E-state index contributed by atoms with van der Waals surface area (Å²) in [6.07, 6.45) is -0.121. The number of carbonyl (C=O) groups excluding carboxylic acids is 1. The fourth-order valence-electron chi connectivity index (χ4n) is 0.533. The molecule has 2 heteroatoms. The third-order valence-electron chi connectivity index (χ3n) is 0.931. The van der Waals surface area contributed by atoms with Crippen molar-refractivity contribution in [3.05, 3.63) is 0 Å². The smallest absolute Gasteiger partial charge is 0.222 e. The Morgan fingerprint density at radius 1 is 1.50 bits per heavy atom. The summed E-state index contributed by atoms with van der Waals surface area (Å²) in [4.78, 5) is 11.7. The highest BCUT2D eigenvalue weighted by Gasteiger charge is 2.16. The molecular formula is C8H17NO. The molecule has 0 fully saturated rings. The zero-order valence-electron chi connectivity index (χ0n) is 12.6. The van der Waals surface area contributed by atoms with Gasteiger partial charge in [0, 0.05) is 28.6 Å². The predicted molar refractivity (Wildman–Crippen MR) is 42.8 cm³/mol. The van der Waals surface area contributed by atoms with Crippen LogP contribution in [0.4, 0.5) is 0 Å². The first-order valence-electron chi connectivity index (χ1n) is 6.08. The number of rotatable bonds is 1. The summed E-state index contributed by atoms with van der Waals surface area (Å²) in [6, 6.07) is 0. The second kappa shape index (κ2) is 3.04. The minimum atomic E-state index is -2.94. The molecule has 60 valence electrons. The number of amides is 1. The van der Waals surface area contributed by atoms with Gasteiger partial charge >= 0.3 is 0 Å². The summed E-state index contributed by atoms with van der Waals surface area (Å²) < 4.78 is 42.4. The third kappa shape index (κ3) is 4.36. The summed E-state index contributed by atoms with van der Waals surface area (Å²) in [5.74, 6) is -0.882. The van der Waals surface area contributed by atoms with E-state index < -0.39 is 25.3 Å². The van der Waals surface area contributed by atoms with Gasteiger partial charge in [-0.25, -0.2) is 0 Å². The zero-order chi connectivity index (χ0) is 13.4. The van der Waals surface area contributed by atoms with Gasteiger partial charge < -0.3 is 4.90 Å². The second-order valence-electron chi connectivity index (χ2n) is 3.47. The van der Waals surface area contributed by atoms with Crippen LogP contribution in [0.3, 0.4) is 0 Å². The fraction of sp³-hybridized carbons (Fsp3) is 0.875. The van der Waals surface area contributed by atoms with Crippen LogP contribution in [-0.2, 0) is 4.79 Å². The summed E-state index contributed by atoms with van der Waals surface area (Å²) in [7, 11) is 0. The third-order valence-corrected chi connectivity index (χ3v) is 0.931. The van der Waals surface area contributed by atoms with E-state index in [0.29, 0.717) is 0 Å². The lowest BCUT2D eigenvalue weighted by Gasteiger charge is -2.19. The Balaban J connectivity index is 5.03. The molecule has 0 heterocycles. The van der Waals surface area contributed by atoms with Crippen molar-refractivity contribution >= 4 is 5.91 Å². The van der Waals surface area contributed by atoms with E-state index in [1.807, 2.05) is 0 Å². The maximum Gasteiger partial charge on any atom is 0.222 e. The Morgan fingerprint density at radius 3 is 2.30 bits per heavy atom. The Hall–Kier alpha value is -0.530. The number of hydrogen-bond acceptors (Lipinski definition) is 1. The first kappa shape index (κ1) is 3.24. The maximum absolute atomic E-state index is 11.7. The molecule has 10 heavy (non-hydrogen) atoms. The van der Waals surface area contributed by atoms with Gasteiger partial charge in [-0.05, 0) is 5.41 Å². The van der Waals surface area contributed by atoms with Gasteiger partial charge in [0.1, 0.15) is 0 Å². The van der Waals surface area contributed by atoms with Crippen molar-refractivity contribution in [2.45, 2.75) is 27.2 Å². The average Bonchev–Trinajstić information content (AvgIpc) is 1.70. The number of hydrogen-bond donors (Lipinski definition) is 0. The minimum Gasteiger partial charge on any atom is -0.349 e. The van der Waals surface area contributed by atoms with Crippen LogP contribution in [0, 0.1) is 5.41 Å². The molecule has 2 nitrogen and oxygen atoms in total. The molecule has 0 radical (unpaired) electrons. The molecule has 0 aliphatic heterocycles. The molecule has 0 aliphatic carbocycles. The quantitative estimate of drug-likeness (QED) is 0.553. The minimum absolute atomic E-state index is 0.00521. The highest BCUT2D eigenvalue weighted by atomic mass is 16.2. The molecule has 0 spiro atoms. The summed E-state index contributed by atoms with van der Waals surface area (Å²) in [5.41, 5.74) is -0.453.